The van der Waals surface area contributed by atoms with Gasteiger partial charge in [0.1, 0.15) is 0 Å². The van der Waals surface area contributed by atoms with Crippen LogP contribution >= 0.6 is 0 Å². The van der Waals surface area contributed by atoms with E-state index in [0.717, 1.165) is 5.69 Å². The fourth-order valence-electron chi connectivity index (χ4n) is 2.12. The molecule has 1 atom stereocenters. The number of hydrogen-bond donors (Lipinski definition) is 2. The molecule has 0 bridgehead atoms. The van der Waals surface area contributed by atoms with E-state index >= 15 is 0 Å². The van der Waals surface area contributed by atoms with Crippen LogP contribution in [0.2, 0.25) is 0 Å². The summed E-state index contributed by atoms with van der Waals surface area (Å²) in [7, 11) is 0. The van der Waals surface area contributed by atoms with Gasteiger partial charge >= 0.3 is 0 Å². The van der Waals surface area contributed by atoms with Crippen LogP contribution in [0.3, 0.4) is 0 Å². The van der Waals surface area contributed by atoms with Crippen molar-refractivity contribution in [1.82, 2.24) is 15.1 Å². The molecule has 1 unspecified atom stereocenters. The molecular formula is C16H21N3O2. The molecule has 1 aromatic heterocycles. The van der Waals surface area contributed by atoms with E-state index in [-0.39, 0.29) is 24.5 Å². The molecule has 0 aliphatic heterocycles. The van der Waals surface area contributed by atoms with Crippen molar-refractivity contribution < 1.29 is 9.90 Å². The van der Waals surface area contributed by atoms with Crippen LogP contribution in [-0.4, -0.2) is 33.4 Å². The summed E-state index contributed by atoms with van der Waals surface area (Å²) in [5.74, 6) is 0.0501. The zero-order valence-electron chi connectivity index (χ0n) is 12.4. The number of carbonyl (C=O) groups excluding carboxylic acids is 1. The van der Waals surface area contributed by atoms with Gasteiger partial charge in [0.05, 0.1) is 5.69 Å². The second-order valence-corrected chi connectivity index (χ2v) is 5.32. The summed E-state index contributed by atoms with van der Waals surface area (Å²) in [4.78, 5) is 12.2. The van der Waals surface area contributed by atoms with Crippen LogP contribution in [-0.2, 0) is 0 Å². The van der Waals surface area contributed by atoms with Crippen molar-refractivity contribution in [2.45, 2.75) is 26.3 Å². The minimum atomic E-state index is -0.211. The average molecular weight is 287 g/mol. The Labute approximate surface area is 124 Å². The molecule has 2 rings (SSSR count). The van der Waals surface area contributed by atoms with Crippen molar-refractivity contribution in [3.63, 3.8) is 0 Å². The third-order valence-electron chi connectivity index (χ3n) is 3.40. The first-order chi connectivity index (χ1) is 10.1. The van der Waals surface area contributed by atoms with E-state index in [4.69, 9.17) is 5.11 Å². The van der Waals surface area contributed by atoms with Crippen molar-refractivity contribution >= 4 is 5.91 Å². The maximum atomic E-state index is 12.2. The van der Waals surface area contributed by atoms with Gasteiger partial charge < -0.3 is 10.4 Å². The largest absolute Gasteiger partial charge is 0.396 e. The van der Waals surface area contributed by atoms with Crippen LogP contribution in [0.1, 0.15) is 30.8 Å². The number of carbonyl (C=O) groups is 1. The van der Waals surface area contributed by atoms with E-state index in [1.165, 1.54) is 0 Å². The van der Waals surface area contributed by atoms with Crippen molar-refractivity contribution in [2.24, 2.45) is 5.92 Å². The van der Waals surface area contributed by atoms with Gasteiger partial charge in [-0.2, -0.15) is 5.10 Å². The fraction of sp³-hybridized carbons (Fsp3) is 0.375. The second kappa shape index (κ2) is 7.04. The van der Waals surface area contributed by atoms with Gasteiger partial charge in [-0.25, -0.2) is 4.68 Å². The molecule has 0 radical (unpaired) electrons. The monoisotopic (exact) mass is 287 g/mol. The number of rotatable bonds is 6. The van der Waals surface area contributed by atoms with Crippen LogP contribution in [0.25, 0.3) is 5.69 Å². The molecule has 0 fully saturated rings. The quantitative estimate of drug-likeness (QED) is 0.854. The smallest absolute Gasteiger partial charge is 0.272 e. The highest BCUT2D eigenvalue weighted by Gasteiger charge is 2.18. The van der Waals surface area contributed by atoms with E-state index < -0.39 is 0 Å². The Morgan fingerprint density at radius 1 is 1.29 bits per heavy atom. The lowest BCUT2D eigenvalue weighted by atomic mass is 10.0. The first-order valence-electron chi connectivity index (χ1n) is 7.14. The van der Waals surface area contributed by atoms with Crippen molar-refractivity contribution in [3.05, 3.63) is 48.3 Å². The summed E-state index contributed by atoms with van der Waals surface area (Å²) < 4.78 is 1.67. The van der Waals surface area contributed by atoms with Gasteiger partial charge in [-0.05, 0) is 30.5 Å². The minimum absolute atomic E-state index is 0.0515. The molecule has 1 amide bonds. The Balaban J connectivity index is 2.08. The Morgan fingerprint density at radius 2 is 2.00 bits per heavy atom. The Hall–Kier alpha value is -2.14. The van der Waals surface area contributed by atoms with Gasteiger partial charge in [0, 0.05) is 18.8 Å². The molecule has 0 spiro atoms. The number of amides is 1. The molecular weight excluding hydrogens is 266 g/mol. The van der Waals surface area contributed by atoms with Gasteiger partial charge in [-0.1, -0.05) is 32.0 Å². The molecule has 0 aliphatic rings. The van der Waals surface area contributed by atoms with Crippen LogP contribution < -0.4 is 5.32 Å². The molecule has 0 saturated heterocycles. The lowest BCUT2D eigenvalue weighted by molar-refractivity contribution is 0.0911. The highest BCUT2D eigenvalue weighted by molar-refractivity contribution is 5.92. The third kappa shape index (κ3) is 3.92. The molecule has 1 heterocycles. The first-order valence-corrected chi connectivity index (χ1v) is 7.14. The van der Waals surface area contributed by atoms with E-state index in [2.05, 4.69) is 10.4 Å². The lowest BCUT2D eigenvalue weighted by Gasteiger charge is -2.20. The standard InChI is InChI=1S/C16H21N3O2/c1-12(2)14(9-11-20)17-16(21)15-8-10-19(18-15)13-6-4-3-5-7-13/h3-8,10,12,14,20H,9,11H2,1-2H3,(H,17,21). The number of para-hydroxylation sites is 1. The Morgan fingerprint density at radius 3 is 2.62 bits per heavy atom. The summed E-state index contributed by atoms with van der Waals surface area (Å²) in [6.45, 7) is 4.09. The maximum Gasteiger partial charge on any atom is 0.272 e. The number of nitrogens with zero attached hydrogens (tertiary/aromatic N) is 2. The van der Waals surface area contributed by atoms with Crippen LogP contribution in [0.4, 0.5) is 0 Å². The average Bonchev–Trinajstić information content (AvgIpc) is 2.97. The molecule has 1 aromatic carbocycles. The number of benzene rings is 1. The lowest BCUT2D eigenvalue weighted by Crippen LogP contribution is -2.39. The molecule has 5 heteroatoms. The van der Waals surface area contributed by atoms with E-state index in [1.54, 1.807) is 16.9 Å². The number of aliphatic hydroxyl groups excluding tert-OH is 1. The molecule has 2 N–H and O–H groups in total. The van der Waals surface area contributed by atoms with E-state index in [9.17, 15) is 4.79 Å². The SMILES string of the molecule is CC(C)C(CCO)NC(=O)c1ccn(-c2ccccc2)n1. The zero-order chi connectivity index (χ0) is 15.2. The van der Waals surface area contributed by atoms with Crippen molar-refractivity contribution in [2.75, 3.05) is 6.61 Å². The number of aromatic nitrogens is 2. The molecule has 5 nitrogen and oxygen atoms in total. The van der Waals surface area contributed by atoms with Gasteiger partial charge in [0.25, 0.3) is 5.91 Å². The van der Waals surface area contributed by atoms with Crippen LogP contribution in [0.15, 0.2) is 42.6 Å². The minimum Gasteiger partial charge on any atom is -0.396 e. The number of hydrogen-bond acceptors (Lipinski definition) is 3. The normalized spacial score (nSPS) is 12.4. The van der Waals surface area contributed by atoms with Gasteiger partial charge in [0.15, 0.2) is 5.69 Å². The molecule has 2 aromatic rings. The predicted octanol–water partition coefficient (Wildman–Crippen LogP) is 2.01. The Bertz CT molecular complexity index is 578. The molecule has 0 aliphatic carbocycles. The maximum absolute atomic E-state index is 12.2. The Kier molecular flexibility index (Phi) is 5.11. The van der Waals surface area contributed by atoms with E-state index in [0.29, 0.717) is 12.1 Å². The topological polar surface area (TPSA) is 67.2 Å². The molecule has 0 saturated carbocycles. The zero-order valence-corrected chi connectivity index (χ0v) is 12.4. The predicted molar refractivity (Wildman–Crippen MR) is 81.4 cm³/mol. The first kappa shape index (κ1) is 15.3. The van der Waals surface area contributed by atoms with Crippen LogP contribution in [0.5, 0.6) is 0 Å². The van der Waals surface area contributed by atoms with Crippen molar-refractivity contribution in [3.8, 4) is 5.69 Å². The van der Waals surface area contributed by atoms with E-state index in [1.807, 2.05) is 44.2 Å². The highest BCUT2D eigenvalue weighted by Crippen LogP contribution is 2.09. The summed E-state index contributed by atoms with van der Waals surface area (Å²) in [6.07, 6.45) is 2.31. The molecule has 112 valence electrons. The second-order valence-electron chi connectivity index (χ2n) is 5.32. The van der Waals surface area contributed by atoms with Crippen LogP contribution in [0, 0.1) is 5.92 Å². The molecule has 21 heavy (non-hydrogen) atoms. The third-order valence-corrected chi connectivity index (χ3v) is 3.40. The fourth-order valence-corrected chi connectivity index (χ4v) is 2.12. The van der Waals surface area contributed by atoms with Gasteiger partial charge in [-0.15, -0.1) is 0 Å². The van der Waals surface area contributed by atoms with Gasteiger partial charge in [0.2, 0.25) is 0 Å². The van der Waals surface area contributed by atoms with Crippen molar-refractivity contribution in [1.29, 1.82) is 0 Å². The summed E-state index contributed by atoms with van der Waals surface area (Å²) in [6, 6.07) is 11.3. The number of aliphatic hydroxyl groups is 1. The summed E-state index contributed by atoms with van der Waals surface area (Å²) in [5, 5.41) is 16.3. The summed E-state index contributed by atoms with van der Waals surface area (Å²) >= 11 is 0. The summed E-state index contributed by atoms with van der Waals surface area (Å²) in [5.41, 5.74) is 1.29. The highest BCUT2D eigenvalue weighted by atomic mass is 16.3. The number of nitrogens with one attached hydrogen (secondary N) is 1. The van der Waals surface area contributed by atoms with Gasteiger partial charge in [-0.3, -0.25) is 4.79 Å².